The predicted molar refractivity (Wildman–Crippen MR) is 75.7 cm³/mol. The largest absolute Gasteiger partial charge is 0.492 e. The normalized spacial score (nSPS) is 10.6. The Morgan fingerprint density at radius 3 is 2.67 bits per heavy atom. The van der Waals surface area contributed by atoms with E-state index in [1.807, 2.05) is 25.1 Å². The highest BCUT2D eigenvalue weighted by atomic mass is 35.5. The van der Waals surface area contributed by atoms with Crippen LogP contribution in [0.15, 0.2) is 18.2 Å². The maximum absolute atomic E-state index is 6.05. The number of hydrogen-bond acceptors (Lipinski definition) is 3. The van der Waals surface area contributed by atoms with Crippen LogP contribution in [0.2, 0.25) is 5.02 Å². The Kier molecular flexibility index (Phi) is 7.81. The lowest BCUT2D eigenvalue weighted by Gasteiger charge is -2.09. The lowest BCUT2D eigenvalue weighted by atomic mass is 10.1. The zero-order valence-electron chi connectivity index (χ0n) is 11.2. The summed E-state index contributed by atoms with van der Waals surface area (Å²) in [6.45, 7) is 7.92. The van der Waals surface area contributed by atoms with Gasteiger partial charge in [-0.05, 0) is 37.1 Å². The van der Waals surface area contributed by atoms with Gasteiger partial charge in [-0.3, -0.25) is 0 Å². The molecule has 0 saturated carbocycles. The fourth-order valence-electron chi connectivity index (χ4n) is 1.57. The number of nitrogens with one attached hydrogen (secondary N) is 1. The monoisotopic (exact) mass is 271 g/mol. The van der Waals surface area contributed by atoms with Crippen LogP contribution in [-0.2, 0) is 11.2 Å². The minimum Gasteiger partial charge on any atom is -0.492 e. The maximum atomic E-state index is 6.05. The van der Waals surface area contributed by atoms with E-state index in [0.29, 0.717) is 6.61 Å². The van der Waals surface area contributed by atoms with E-state index in [1.165, 1.54) is 0 Å². The summed E-state index contributed by atoms with van der Waals surface area (Å²) in [7, 11) is 0. The molecule has 4 heteroatoms. The van der Waals surface area contributed by atoms with Gasteiger partial charge in [-0.25, -0.2) is 0 Å². The van der Waals surface area contributed by atoms with Gasteiger partial charge in [-0.2, -0.15) is 0 Å². The average Bonchev–Trinajstić information content (AvgIpc) is 2.39. The molecular weight excluding hydrogens is 250 g/mol. The van der Waals surface area contributed by atoms with Crippen LogP contribution in [0.25, 0.3) is 0 Å². The van der Waals surface area contributed by atoms with Crippen LogP contribution in [0.3, 0.4) is 0 Å². The first-order chi connectivity index (χ1) is 8.77. The summed E-state index contributed by atoms with van der Waals surface area (Å²) in [5, 5.41) is 4.06. The third kappa shape index (κ3) is 5.71. The van der Waals surface area contributed by atoms with Gasteiger partial charge in [0.15, 0.2) is 0 Å². The molecule has 0 aliphatic heterocycles. The van der Waals surface area contributed by atoms with Crippen LogP contribution in [0.5, 0.6) is 5.75 Å². The molecule has 102 valence electrons. The summed E-state index contributed by atoms with van der Waals surface area (Å²) in [5.41, 5.74) is 1.12. The van der Waals surface area contributed by atoms with Crippen molar-refractivity contribution in [2.45, 2.75) is 20.3 Å². The Labute approximate surface area is 114 Å². The van der Waals surface area contributed by atoms with Crippen LogP contribution in [-0.4, -0.2) is 32.9 Å². The second-order valence-electron chi connectivity index (χ2n) is 3.90. The molecule has 0 bridgehead atoms. The molecule has 0 spiro atoms. The van der Waals surface area contributed by atoms with Gasteiger partial charge in [-0.15, -0.1) is 0 Å². The van der Waals surface area contributed by atoms with E-state index in [4.69, 9.17) is 21.1 Å². The summed E-state index contributed by atoms with van der Waals surface area (Å²) in [5.74, 6) is 0.878. The molecule has 0 unspecified atom stereocenters. The van der Waals surface area contributed by atoms with Crippen LogP contribution in [0, 0.1) is 0 Å². The van der Waals surface area contributed by atoms with E-state index in [2.05, 4.69) is 12.2 Å². The number of rotatable bonds is 9. The Bertz CT molecular complexity index is 345. The summed E-state index contributed by atoms with van der Waals surface area (Å²) in [4.78, 5) is 0. The highest BCUT2D eigenvalue weighted by Gasteiger charge is 2.00. The zero-order valence-corrected chi connectivity index (χ0v) is 11.9. The lowest BCUT2D eigenvalue weighted by Crippen LogP contribution is -2.25. The SMILES string of the molecule is CCOCCNCCOc1ccc(Cl)c(CC)c1. The van der Waals surface area contributed by atoms with E-state index in [1.54, 1.807) is 0 Å². The van der Waals surface area contributed by atoms with Gasteiger partial charge in [0.1, 0.15) is 12.4 Å². The molecule has 0 aromatic heterocycles. The summed E-state index contributed by atoms with van der Waals surface area (Å²) in [6.07, 6.45) is 0.919. The molecule has 1 aromatic rings. The molecule has 1 N–H and O–H groups in total. The summed E-state index contributed by atoms with van der Waals surface area (Å²) in [6, 6.07) is 5.79. The number of aryl methyl sites for hydroxylation is 1. The van der Waals surface area contributed by atoms with Gasteiger partial charge in [0.25, 0.3) is 0 Å². The van der Waals surface area contributed by atoms with E-state index in [-0.39, 0.29) is 0 Å². The molecule has 3 nitrogen and oxygen atoms in total. The molecule has 1 rings (SSSR count). The molecule has 1 aromatic carbocycles. The van der Waals surface area contributed by atoms with Gasteiger partial charge in [-0.1, -0.05) is 18.5 Å². The number of benzene rings is 1. The Balaban J connectivity index is 2.19. The minimum absolute atomic E-state index is 0.650. The van der Waals surface area contributed by atoms with Gasteiger partial charge in [0.2, 0.25) is 0 Å². The van der Waals surface area contributed by atoms with Crippen molar-refractivity contribution < 1.29 is 9.47 Å². The number of ether oxygens (including phenoxy) is 2. The Morgan fingerprint density at radius 1 is 1.17 bits per heavy atom. The molecule has 0 aliphatic rings. The Morgan fingerprint density at radius 2 is 1.94 bits per heavy atom. The van der Waals surface area contributed by atoms with Crippen LogP contribution in [0.1, 0.15) is 19.4 Å². The second kappa shape index (κ2) is 9.20. The van der Waals surface area contributed by atoms with Crippen molar-refractivity contribution in [3.8, 4) is 5.75 Å². The quantitative estimate of drug-likeness (QED) is 0.701. The summed E-state index contributed by atoms with van der Waals surface area (Å²) < 4.78 is 10.9. The summed E-state index contributed by atoms with van der Waals surface area (Å²) >= 11 is 6.05. The molecule has 0 heterocycles. The van der Waals surface area contributed by atoms with Crippen molar-refractivity contribution in [3.05, 3.63) is 28.8 Å². The van der Waals surface area contributed by atoms with Crippen LogP contribution in [0.4, 0.5) is 0 Å². The smallest absolute Gasteiger partial charge is 0.119 e. The fraction of sp³-hybridized carbons (Fsp3) is 0.571. The first kappa shape index (κ1) is 15.3. The van der Waals surface area contributed by atoms with Gasteiger partial charge in [0.05, 0.1) is 6.61 Å². The van der Waals surface area contributed by atoms with Gasteiger partial charge < -0.3 is 14.8 Å². The molecule has 0 atom stereocenters. The first-order valence-electron chi connectivity index (χ1n) is 6.47. The minimum atomic E-state index is 0.650. The van der Waals surface area contributed by atoms with E-state index in [0.717, 1.165) is 49.1 Å². The van der Waals surface area contributed by atoms with E-state index in [9.17, 15) is 0 Å². The molecule has 0 fully saturated rings. The Hall–Kier alpha value is -0.770. The second-order valence-corrected chi connectivity index (χ2v) is 4.31. The topological polar surface area (TPSA) is 30.5 Å². The number of halogens is 1. The van der Waals surface area contributed by atoms with Crippen molar-refractivity contribution in [3.63, 3.8) is 0 Å². The third-order valence-electron chi connectivity index (χ3n) is 2.57. The first-order valence-corrected chi connectivity index (χ1v) is 6.85. The third-order valence-corrected chi connectivity index (χ3v) is 2.94. The zero-order chi connectivity index (χ0) is 13.2. The predicted octanol–water partition coefficient (Wildman–Crippen LogP) is 2.91. The van der Waals surface area contributed by atoms with Crippen LogP contribution < -0.4 is 10.1 Å². The number of hydrogen-bond donors (Lipinski definition) is 1. The molecular formula is C14H22ClNO2. The van der Waals surface area contributed by atoms with Crippen molar-refractivity contribution in [1.29, 1.82) is 0 Å². The van der Waals surface area contributed by atoms with Crippen molar-refractivity contribution in [2.24, 2.45) is 0 Å². The fourth-order valence-corrected chi connectivity index (χ4v) is 1.82. The highest BCUT2D eigenvalue weighted by molar-refractivity contribution is 6.31. The average molecular weight is 272 g/mol. The lowest BCUT2D eigenvalue weighted by molar-refractivity contribution is 0.148. The molecule has 0 aliphatic carbocycles. The van der Waals surface area contributed by atoms with Crippen molar-refractivity contribution in [2.75, 3.05) is 32.9 Å². The molecule has 0 radical (unpaired) electrons. The van der Waals surface area contributed by atoms with Crippen molar-refractivity contribution in [1.82, 2.24) is 5.32 Å². The molecule has 0 saturated heterocycles. The van der Waals surface area contributed by atoms with Gasteiger partial charge >= 0.3 is 0 Å². The van der Waals surface area contributed by atoms with E-state index < -0.39 is 0 Å². The maximum Gasteiger partial charge on any atom is 0.119 e. The standard InChI is InChI=1S/C14H22ClNO2/c1-3-12-11-13(5-6-14(12)15)18-10-8-16-7-9-17-4-2/h5-6,11,16H,3-4,7-10H2,1-2H3. The van der Waals surface area contributed by atoms with Crippen molar-refractivity contribution >= 4 is 11.6 Å². The molecule has 18 heavy (non-hydrogen) atoms. The highest BCUT2D eigenvalue weighted by Crippen LogP contribution is 2.22. The van der Waals surface area contributed by atoms with Crippen LogP contribution >= 0.6 is 11.6 Å². The van der Waals surface area contributed by atoms with E-state index >= 15 is 0 Å². The molecule has 0 amide bonds. The van der Waals surface area contributed by atoms with Gasteiger partial charge in [0, 0.05) is 24.7 Å².